The summed E-state index contributed by atoms with van der Waals surface area (Å²) in [5, 5.41) is 14.3. The van der Waals surface area contributed by atoms with Gasteiger partial charge in [-0.3, -0.25) is 14.2 Å². The quantitative estimate of drug-likeness (QED) is 0.229. The van der Waals surface area contributed by atoms with Crippen LogP contribution in [0, 0.1) is 0 Å². The van der Waals surface area contributed by atoms with Crippen LogP contribution in [0.2, 0.25) is 0 Å². The number of benzene rings is 1. The Morgan fingerprint density at radius 2 is 1.81 bits per heavy atom. The molecule has 168 valence electrons. The molecule has 0 aromatic heterocycles. The van der Waals surface area contributed by atoms with Crippen molar-refractivity contribution in [1.29, 1.82) is 0 Å². The number of fused-ring (bicyclic) bond motifs is 1. The van der Waals surface area contributed by atoms with E-state index in [9.17, 15) is 24.1 Å². The number of carboxylic acid groups (broad SMARTS) is 1. The van der Waals surface area contributed by atoms with E-state index in [1.807, 2.05) is 6.07 Å². The van der Waals surface area contributed by atoms with Crippen molar-refractivity contribution in [2.45, 2.75) is 38.8 Å². The Kier molecular flexibility index (Phi) is 9.51. The van der Waals surface area contributed by atoms with Gasteiger partial charge in [-0.15, -0.1) is 0 Å². The Morgan fingerprint density at radius 3 is 2.38 bits per heavy atom. The van der Waals surface area contributed by atoms with E-state index in [4.69, 9.17) is 13.8 Å². The summed E-state index contributed by atoms with van der Waals surface area (Å²) in [7, 11) is -3.90. The van der Waals surface area contributed by atoms with Crippen molar-refractivity contribution >= 4 is 25.4 Å². The molecule has 1 saturated heterocycles. The molecule has 1 aromatic rings. The maximum atomic E-state index is 13.1. The number of rotatable bonds is 10. The third-order valence-corrected chi connectivity index (χ3v) is 7.26. The summed E-state index contributed by atoms with van der Waals surface area (Å²) in [5.74, 6) is -2.29. The molecule has 2 aliphatic heterocycles. The second-order valence-corrected chi connectivity index (χ2v) is 8.93. The van der Waals surface area contributed by atoms with Gasteiger partial charge in [0, 0.05) is 0 Å². The van der Waals surface area contributed by atoms with E-state index in [1.54, 1.807) is 38.1 Å². The first-order valence-corrected chi connectivity index (χ1v) is 11.5. The molecule has 0 bridgehead atoms. The summed E-state index contributed by atoms with van der Waals surface area (Å²) in [5.41, 5.74) is -0.502. The number of carbonyl (C=O) groups is 3. The van der Waals surface area contributed by atoms with Gasteiger partial charge >= 0.3 is 37.2 Å². The molecule has 32 heavy (non-hydrogen) atoms. The fourth-order valence-corrected chi connectivity index (χ4v) is 5.64. The molecule has 0 radical (unpaired) electrons. The van der Waals surface area contributed by atoms with Gasteiger partial charge in [-0.1, -0.05) is 18.2 Å². The van der Waals surface area contributed by atoms with Crippen molar-refractivity contribution in [3.8, 4) is 5.75 Å². The molecule has 1 fully saturated rings. The number of nitrogens with zero attached hydrogens (tertiary/aromatic N) is 1. The molecule has 2 atom stereocenters. The van der Waals surface area contributed by atoms with Crippen molar-refractivity contribution in [3.05, 3.63) is 41.3 Å². The third-order valence-electron chi connectivity index (χ3n) is 4.96. The van der Waals surface area contributed by atoms with Gasteiger partial charge in [0.1, 0.15) is 11.8 Å². The van der Waals surface area contributed by atoms with Crippen LogP contribution >= 0.6 is 7.60 Å². The van der Waals surface area contributed by atoms with Crippen LogP contribution in [0.1, 0.15) is 26.7 Å². The molecule has 0 spiro atoms. The second-order valence-electron chi connectivity index (χ2n) is 6.88. The van der Waals surface area contributed by atoms with E-state index in [0.29, 0.717) is 5.75 Å². The molecule has 12 heteroatoms. The molecule has 0 unspecified atom stereocenters. The number of amides is 2. The number of ether oxygens (including phenoxy) is 1. The van der Waals surface area contributed by atoms with Gasteiger partial charge in [0.05, 0.1) is 36.2 Å². The van der Waals surface area contributed by atoms with Crippen LogP contribution in [0.25, 0.3) is 0 Å². The largest absolute Gasteiger partial charge is 1.00 e. The Bertz CT molecular complexity index is 929. The van der Waals surface area contributed by atoms with Crippen LogP contribution in [0.4, 0.5) is 0 Å². The zero-order chi connectivity index (χ0) is 22.6. The van der Waals surface area contributed by atoms with E-state index in [1.165, 1.54) is 0 Å². The van der Waals surface area contributed by atoms with E-state index in [2.05, 4.69) is 5.32 Å². The molecule has 1 aromatic carbocycles. The van der Waals surface area contributed by atoms with Crippen molar-refractivity contribution in [1.82, 2.24) is 10.2 Å². The van der Waals surface area contributed by atoms with Crippen LogP contribution < -0.4 is 44.7 Å². The number of carboxylic acids is 1. The number of hydrogen-bond acceptors (Lipinski definition) is 8. The summed E-state index contributed by atoms with van der Waals surface area (Å²) in [6.07, 6.45) is 0.356. The first kappa shape index (κ1) is 26.6. The van der Waals surface area contributed by atoms with E-state index in [-0.39, 0.29) is 67.5 Å². The van der Waals surface area contributed by atoms with Crippen molar-refractivity contribution in [2.75, 3.05) is 19.8 Å². The number of para-hydroxylation sites is 1. The van der Waals surface area contributed by atoms with Gasteiger partial charge in [-0.2, -0.15) is 0 Å². The standard InChI is InChI=1S/C20H25N2O8P.Na/c1-3-29-31(27,30-4-2)15-11-10-14-17(19(24)22(14)18(15)20(25)26)21-16(23)12-28-13-8-6-5-7-9-13;/h5-9,14,17H,3-4,10-12H2,1-2H3,(H,21,23)(H,25,26);/q;+1/p-1/t14-,17+;/m1./s1. The molecule has 0 aliphatic carbocycles. The summed E-state index contributed by atoms with van der Waals surface area (Å²) in [6, 6.07) is 7.22. The molecule has 3 rings (SSSR count). The maximum absolute atomic E-state index is 13.1. The number of hydrogen-bond donors (Lipinski definition) is 1. The normalized spacial score (nSPS) is 20.1. The maximum Gasteiger partial charge on any atom is 1.00 e. The predicted molar refractivity (Wildman–Crippen MR) is 107 cm³/mol. The van der Waals surface area contributed by atoms with Crippen molar-refractivity contribution in [2.24, 2.45) is 0 Å². The Hall–Kier alpha value is -1.68. The third kappa shape index (κ3) is 5.44. The fourth-order valence-electron chi connectivity index (χ4n) is 3.71. The molecule has 0 saturated carbocycles. The SMILES string of the molecule is CCOP(=O)(OCC)C1=C(C(=O)[O-])N2C(=O)[C@@H](NC(=O)COc3ccccc3)[C@H]2CC1.[Na+]. The Labute approximate surface area is 208 Å². The zero-order valence-electron chi connectivity index (χ0n) is 18.2. The molecular weight excluding hydrogens is 450 g/mol. The van der Waals surface area contributed by atoms with E-state index < -0.39 is 43.2 Å². The van der Waals surface area contributed by atoms with Gasteiger partial charge in [0.2, 0.25) is 0 Å². The molecular formula is C20H24N2NaO8P. The number of allylic oxidation sites excluding steroid dienone is 1. The average Bonchev–Trinajstić information content (AvgIpc) is 2.75. The van der Waals surface area contributed by atoms with Gasteiger partial charge in [0.25, 0.3) is 11.8 Å². The molecule has 2 heterocycles. The number of nitrogens with one attached hydrogen (secondary N) is 1. The van der Waals surface area contributed by atoms with Crippen LogP contribution in [0.15, 0.2) is 41.3 Å². The van der Waals surface area contributed by atoms with Crippen molar-refractivity contribution < 1.29 is 67.4 Å². The summed E-state index contributed by atoms with van der Waals surface area (Å²) in [6.45, 7) is 3.00. The van der Waals surface area contributed by atoms with Crippen LogP contribution in [-0.2, 0) is 28.0 Å². The van der Waals surface area contributed by atoms with Gasteiger partial charge in [0.15, 0.2) is 6.61 Å². The van der Waals surface area contributed by atoms with Gasteiger partial charge in [-0.05, 0) is 38.8 Å². The first-order valence-electron chi connectivity index (χ1n) is 9.96. The van der Waals surface area contributed by atoms with Crippen LogP contribution in [0.3, 0.4) is 0 Å². The fraction of sp³-hybridized carbons (Fsp3) is 0.450. The minimum atomic E-state index is -3.90. The van der Waals surface area contributed by atoms with Gasteiger partial charge < -0.3 is 33.9 Å². The summed E-state index contributed by atoms with van der Waals surface area (Å²) < 4.78 is 29.0. The monoisotopic (exact) mass is 474 g/mol. The first-order chi connectivity index (χ1) is 14.8. The van der Waals surface area contributed by atoms with E-state index in [0.717, 1.165) is 4.90 Å². The zero-order valence-corrected chi connectivity index (χ0v) is 21.1. The summed E-state index contributed by atoms with van der Waals surface area (Å²) in [4.78, 5) is 37.7. The number of carbonyl (C=O) groups excluding carboxylic acids is 3. The minimum absolute atomic E-state index is 0. The Balaban J connectivity index is 0.00000363. The molecule has 10 nitrogen and oxygen atoms in total. The second kappa shape index (κ2) is 11.4. The number of β-lactam (4-membered cyclic amide) rings is 1. The molecule has 1 N–H and O–H groups in total. The van der Waals surface area contributed by atoms with Crippen LogP contribution in [0.5, 0.6) is 5.75 Å². The molecule has 2 aliphatic rings. The van der Waals surface area contributed by atoms with E-state index >= 15 is 0 Å². The number of aliphatic carboxylic acids is 1. The Morgan fingerprint density at radius 1 is 1.19 bits per heavy atom. The molecule has 2 amide bonds. The summed E-state index contributed by atoms with van der Waals surface area (Å²) >= 11 is 0. The van der Waals surface area contributed by atoms with Gasteiger partial charge in [-0.25, -0.2) is 0 Å². The average molecular weight is 474 g/mol. The predicted octanol–water partition coefficient (Wildman–Crippen LogP) is -2.21. The van der Waals surface area contributed by atoms with Crippen molar-refractivity contribution in [3.63, 3.8) is 0 Å². The topological polar surface area (TPSA) is 134 Å². The van der Waals surface area contributed by atoms with Crippen LogP contribution in [-0.4, -0.2) is 54.6 Å². The minimum Gasteiger partial charge on any atom is -0.543 e. The smallest absolute Gasteiger partial charge is 0.543 e.